The number of nitrogens with one attached hydrogen (secondary N) is 1. The number of hydrogen-bond donors (Lipinski definition) is 1. The van der Waals surface area contributed by atoms with Gasteiger partial charge in [-0.2, -0.15) is 0 Å². The molecular weight excluding hydrogens is 355 g/mol. The van der Waals surface area contributed by atoms with Crippen LogP contribution in [0, 0.1) is 5.82 Å². The van der Waals surface area contributed by atoms with Crippen LogP contribution in [0.5, 0.6) is 0 Å². The lowest BCUT2D eigenvalue weighted by atomic mass is 10.2. The Morgan fingerprint density at radius 2 is 1.88 bits per heavy atom. The number of benzene rings is 2. The van der Waals surface area contributed by atoms with E-state index in [0.29, 0.717) is 24.2 Å². The normalized spacial score (nSPS) is 16.2. The van der Waals surface area contributed by atoms with Gasteiger partial charge in [0.05, 0.1) is 17.1 Å². The van der Waals surface area contributed by atoms with E-state index in [1.165, 1.54) is 28.6 Å². The first-order valence-corrected chi connectivity index (χ1v) is 9.22. The van der Waals surface area contributed by atoms with Gasteiger partial charge in [-0.1, -0.05) is 11.6 Å². The van der Waals surface area contributed by atoms with Crippen LogP contribution in [0.3, 0.4) is 0 Å². The summed E-state index contributed by atoms with van der Waals surface area (Å²) in [4.78, 5) is 12.2. The van der Waals surface area contributed by atoms with E-state index in [2.05, 4.69) is 5.32 Å². The zero-order valence-corrected chi connectivity index (χ0v) is 14.1. The molecule has 1 fully saturated rings. The molecule has 1 aliphatic rings. The van der Waals surface area contributed by atoms with Gasteiger partial charge in [-0.25, -0.2) is 12.8 Å². The Hall–Kier alpha value is -2.12. The molecule has 1 aliphatic heterocycles. The molecule has 1 N–H and O–H groups in total. The van der Waals surface area contributed by atoms with E-state index in [0.717, 1.165) is 6.07 Å². The van der Waals surface area contributed by atoms with Crippen molar-refractivity contribution < 1.29 is 17.6 Å². The van der Waals surface area contributed by atoms with Gasteiger partial charge in [-0.15, -0.1) is 0 Å². The van der Waals surface area contributed by atoms with Gasteiger partial charge in [0.2, 0.25) is 10.0 Å². The minimum Gasteiger partial charge on any atom is -0.319 e. The number of carbonyl (C=O) groups is 1. The summed E-state index contributed by atoms with van der Waals surface area (Å²) >= 11 is 5.67. The van der Waals surface area contributed by atoms with Crippen molar-refractivity contribution >= 4 is 38.9 Å². The van der Waals surface area contributed by atoms with Crippen molar-refractivity contribution in [2.24, 2.45) is 0 Å². The van der Waals surface area contributed by atoms with E-state index in [9.17, 15) is 17.6 Å². The van der Waals surface area contributed by atoms with Crippen molar-refractivity contribution in [3.8, 4) is 0 Å². The fourth-order valence-electron chi connectivity index (χ4n) is 2.49. The van der Waals surface area contributed by atoms with Crippen LogP contribution in [0.2, 0.25) is 5.02 Å². The van der Waals surface area contributed by atoms with Gasteiger partial charge in [0, 0.05) is 17.1 Å². The third-order valence-electron chi connectivity index (χ3n) is 3.70. The minimum atomic E-state index is -3.26. The molecule has 2 aromatic carbocycles. The van der Waals surface area contributed by atoms with Crippen LogP contribution in [0.15, 0.2) is 42.5 Å². The second kappa shape index (κ2) is 6.41. The van der Waals surface area contributed by atoms with Crippen molar-refractivity contribution in [2.45, 2.75) is 6.42 Å². The summed E-state index contributed by atoms with van der Waals surface area (Å²) in [7, 11) is -3.26. The zero-order valence-electron chi connectivity index (χ0n) is 12.5. The molecule has 3 rings (SSSR count). The highest BCUT2D eigenvalue weighted by Gasteiger charge is 2.28. The smallest absolute Gasteiger partial charge is 0.255 e. The lowest BCUT2D eigenvalue weighted by Crippen LogP contribution is -2.25. The fraction of sp³-hybridized carbons (Fsp3) is 0.188. The van der Waals surface area contributed by atoms with Crippen LogP contribution in [0.25, 0.3) is 0 Å². The molecule has 0 aromatic heterocycles. The van der Waals surface area contributed by atoms with Gasteiger partial charge in [0.1, 0.15) is 5.82 Å². The summed E-state index contributed by atoms with van der Waals surface area (Å²) < 4.78 is 38.8. The van der Waals surface area contributed by atoms with Crippen LogP contribution >= 0.6 is 11.6 Å². The van der Waals surface area contributed by atoms with E-state index in [1.807, 2.05) is 0 Å². The van der Waals surface area contributed by atoms with Gasteiger partial charge < -0.3 is 5.32 Å². The molecule has 0 atom stereocenters. The molecule has 126 valence electrons. The van der Waals surface area contributed by atoms with Crippen molar-refractivity contribution in [1.29, 1.82) is 0 Å². The van der Waals surface area contributed by atoms with E-state index < -0.39 is 21.7 Å². The maximum absolute atomic E-state index is 13.7. The average Bonchev–Trinajstić information content (AvgIpc) is 2.89. The number of nitrogens with zero attached hydrogens (tertiary/aromatic N) is 1. The van der Waals surface area contributed by atoms with Gasteiger partial charge in [-0.05, 0) is 48.9 Å². The Balaban J connectivity index is 1.77. The second-order valence-corrected chi connectivity index (χ2v) is 7.82. The van der Waals surface area contributed by atoms with Crippen LogP contribution in [-0.4, -0.2) is 26.6 Å². The van der Waals surface area contributed by atoms with Gasteiger partial charge in [0.25, 0.3) is 5.91 Å². The first kappa shape index (κ1) is 16.7. The Labute approximate surface area is 144 Å². The van der Waals surface area contributed by atoms with E-state index in [4.69, 9.17) is 11.6 Å². The maximum Gasteiger partial charge on any atom is 0.255 e. The predicted molar refractivity (Wildman–Crippen MR) is 91.6 cm³/mol. The van der Waals surface area contributed by atoms with Gasteiger partial charge in [-0.3, -0.25) is 9.10 Å². The highest BCUT2D eigenvalue weighted by atomic mass is 35.5. The summed E-state index contributed by atoms with van der Waals surface area (Å²) in [6, 6.07) is 10.1. The van der Waals surface area contributed by atoms with Crippen molar-refractivity contribution in [3.63, 3.8) is 0 Å². The molecule has 5 nitrogen and oxygen atoms in total. The summed E-state index contributed by atoms with van der Waals surface area (Å²) in [6.45, 7) is 0.434. The van der Waals surface area contributed by atoms with E-state index >= 15 is 0 Å². The third kappa shape index (κ3) is 3.37. The predicted octanol–water partition coefficient (Wildman–Crippen LogP) is 3.27. The molecule has 0 aliphatic carbocycles. The van der Waals surface area contributed by atoms with Crippen LogP contribution in [0.1, 0.15) is 16.8 Å². The van der Waals surface area contributed by atoms with E-state index in [1.54, 1.807) is 12.1 Å². The largest absolute Gasteiger partial charge is 0.319 e. The number of halogens is 2. The monoisotopic (exact) mass is 368 g/mol. The molecule has 0 bridgehead atoms. The highest BCUT2D eigenvalue weighted by Crippen LogP contribution is 2.25. The number of rotatable bonds is 3. The maximum atomic E-state index is 13.7. The van der Waals surface area contributed by atoms with Crippen LogP contribution < -0.4 is 9.62 Å². The lowest BCUT2D eigenvalue weighted by Gasteiger charge is -2.17. The minimum absolute atomic E-state index is 0.0237. The number of carbonyl (C=O) groups excluding carboxylic acids is 1. The molecular formula is C16H14ClFN2O3S. The third-order valence-corrected chi connectivity index (χ3v) is 5.80. The summed E-state index contributed by atoms with van der Waals surface area (Å²) in [5.41, 5.74) is 0.835. The fourth-order valence-corrected chi connectivity index (χ4v) is 4.22. The quantitative estimate of drug-likeness (QED) is 0.904. The first-order chi connectivity index (χ1) is 11.4. The summed E-state index contributed by atoms with van der Waals surface area (Å²) in [6.07, 6.45) is 0.584. The number of hydrogen-bond acceptors (Lipinski definition) is 3. The molecule has 1 saturated heterocycles. The molecule has 2 aromatic rings. The Kier molecular flexibility index (Phi) is 4.47. The summed E-state index contributed by atoms with van der Waals surface area (Å²) in [5, 5.41) is 2.69. The lowest BCUT2D eigenvalue weighted by molar-refractivity contribution is 0.102. The standard InChI is InChI=1S/C16H14ClFN2O3S/c17-12-4-7-15(14(18)10-12)19-16(21)11-2-5-13(6-3-11)20-8-1-9-24(20,22)23/h2-7,10H,1,8-9H2,(H,19,21). The van der Waals surface area contributed by atoms with Crippen molar-refractivity contribution in [1.82, 2.24) is 0 Å². The molecule has 0 radical (unpaired) electrons. The Bertz CT molecular complexity index is 885. The van der Waals surface area contributed by atoms with Crippen LogP contribution in [0.4, 0.5) is 15.8 Å². The van der Waals surface area contributed by atoms with Gasteiger partial charge in [0.15, 0.2) is 0 Å². The van der Waals surface area contributed by atoms with Crippen molar-refractivity contribution in [3.05, 3.63) is 58.9 Å². The second-order valence-electron chi connectivity index (χ2n) is 5.37. The topological polar surface area (TPSA) is 66.5 Å². The number of amides is 1. The van der Waals surface area contributed by atoms with Crippen molar-refractivity contribution in [2.75, 3.05) is 21.9 Å². The first-order valence-electron chi connectivity index (χ1n) is 7.24. The summed E-state index contributed by atoms with van der Waals surface area (Å²) in [5.74, 6) is -0.992. The molecule has 1 heterocycles. The molecule has 1 amide bonds. The SMILES string of the molecule is O=C(Nc1ccc(Cl)cc1F)c1ccc(N2CCCS2(=O)=O)cc1. The number of sulfonamides is 1. The molecule has 0 saturated carbocycles. The average molecular weight is 369 g/mol. The highest BCUT2D eigenvalue weighted by molar-refractivity contribution is 7.93. The number of anilines is 2. The van der Waals surface area contributed by atoms with E-state index in [-0.39, 0.29) is 16.5 Å². The van der Waals surface area contributed by atoms with Crippen LogP contribution in [-0.2, 0) is 10.0 Å². The zero-order chi connectivity index (χ0) is 17.3. The molecule has 0 unspecified atom stereocenters. The van der Waals surface area contributed by atoms with Gasteiger partial charge >= 0.3 is 0 Å². The molecule has 24 heavy (non-hydrogen) atoms. The Morgan fingerprint density at radius 3 is 2.46 bits per heavy atom. The molecule has 0 spiro atoms. The Morgan fingerprint density at radius 1 is 1.17 bits per heavy atom. The molecule has 8 heteroatoms.